The molecule has 1 aromatic heterocycles. The van der Waals surface area contributed by atoms with E-state index in [1.807, 2.05) is 18.9 Å². The van der Waals surface area contributed by atoms with E-state index in [1.54, 1.807) is 10.9 Å². The van der Waals surface area contributed by atoms with Crippen LogP contribution in [0.3, 0.4) is 0 Å². The second kappa shape index (κ2) is 6.07. The zero-order chi connectivity index (χ0) is 14.7. The van der Waals surface area contributed by atoms with Crippen LogP contribution in [-0.4, -0.2) is 44.3 Å². The number of nitrogens with zero attached hydrogens (tertiary/aromatic N) is 3. The highest BCUT2D eigenvalue weighted by atomic mass is 16.4. The van der Waals surface area contributed by atoms with Gasteiger partial charge in [-0.05, 0) is 32.6 Å². The lowest BCUT2D eigenvalue weighted by Crippen LogP contribution is -2.44. The maximum atomic E-state index is 12.6. The largest absolute Gasteiger partial charge is 0.481 e. The third kappa shape index (κ3) is 3.00. The number of rotatable bonds is 4. The van der Waals surface area contributed by atoms with Crippen molar-refractivity contribution in [2.75, 3.05) is 6.54 Å². The third-order valence-electron chi connectivity index (χ3n) is 4.05. The minimum atomic E-state index is -0.805. The molecule has 110 valence electrons. The first-order valence-electron chi connectivity index (χ1n) is 7.02. The molecule has 2 heterocycles. The fourth-order valence-electron chi connectivity index (χ4n) is 2.72. The van der Waals surface area contributed by atoms with Crippen molar-refractivity contribution in [1.82, 2.24) is 14.7 Å². The van der Waals surface area contributed by atoms with Crippen LogP contribution in [0.4, 0.5) is 0 Å². The predicted octanol–water partition coefficient (Wildman–Crippen LogP) is 1.59. The van der Waals surface area contributed by atoms with E-state index in [0.29, 0.717) is 18.5 Å². The number of hydrogen-bond donors (Lipinski definition) is 1. The first-order chi connectivity index (χ1) is 9.50. The molecule has 1 aliphatic rings. The average molecular weight is 279 g/mol. The van der Waals surface area contributed by atoms with Gasteiger partial charge >= 0.3 is 5.97 Å². The minimum Gasteiger partial charge on any atom is -0.481 e. The van der Waals surface area contributed by atoms with Gasteiger partial charge in [-0.2, -0.15) is 5.10 Å². The third-order valence-corrected chi connectivity index (χ3v) is 4.05. The zero-order valence-corrected chi connectivity index (χ0v) is 12.0. The first kappa shape index (κ1) is 14.6. The van der Waals surface area contributed by atoms with Crippen molar-refractivity contribution in [3.63, 3.8) is 0 Å². The number of carboxylic acid groups (broad SMARTS) is 1. The molecule has 1 atom stereocenters. The Morgan fingerprint density at radius 1 is 1.45 bits per heavy atom. The number of piperidine rings is 1. The molecule has 6 nitrogen and oxygen atoms in total. The molecular formula is C14H21N3O3. The van der Waals surface area contributed by atoms with E-state index in [2.05, 4.69) is 5.10 Å². The standard InChI is InChI=1S/C14H21N3O3/c1-10-12(9-15-16(10)2)14(20)17-8-4-3-5-11(17)6-7-13(18)19/h9,11H,3-8H2,1-2H3,(H,18,19)/t11-/m0/s1. The molecule has 0 aromatic carbocycles. The van der Waals surface area contributed by atoms with E-state index >= 15 is 0 Å². The maximum Gasteiger partial charge on any atom is 0.303 e. The number of carbonyl (C=O) groups excluding carboxylic acids is 1. The molecule has 0 spiro atoms. The van der Waals surface area contributed by atoms with Crippen LogP contribution in [0.15, 0.2) is 6.20 Å². The summed E-state index contributed by atoms with van der Waals surface area (Å²) in [5, 5.41) is 12.9. The van der Waals surface area contributed by atoms with Crippen LogP contribution in [-0.2, 0) is 11.8 Å². The van der Waals surface area contributed by atoms with Gasteiger partial charge in [0.05, 0.1) is 11.8 Å². The summed E-state index contributed by atoms with van der Waals surface area (Å²) in [6.07, 6.45) is 5.16. The van der Waals surface area contributed by atoms with Gasteiger partial charge in [-0.15, -0.1) is 0 Å². The lowest BCUT2D eigenvalue weighted by Gasteiger charge is -2.35. The second-order valence-corrected chi connectivity index (χ2v) is 5.35. The molecule has 1 aromatic rings. The van der Waals surface area contributed by atoms with Gasteiger partial charge in [0.15, 0.2) is 0 Å². The molecule has 0 radical (unpaired) electrons. The van der Waals surface area contributed by atoms with E-state index in [4.69, 9.17) is 5.11 Å². The molecule has 0 saturated carbocycles. The van der Waals surface area contributed by atoms with E-state index in [1.165, 1.54) is 0 Å². The van der Waals surface area contributed by atoms with Crippen LogP contribution in [0.5, 0.6) is 0 Å². The van der Waals surface area contributed by atoms with Gasteiger partial charge in [0, 0.05) is 31.7 Å². The van der Waals surface area contributed by atoms with Crippen LogP contribution in [0, 0.1) is 6.92 Å². The van der Waals surface area contributed by atoms with E-state index in [9.17, 15) is 9.59 Å². The summed E-state index contributed by atoms with van der Waals surface area (Å²) < 4.78 is 1.68. The zero-order valence-electron chi connectivity index (χ0n) is 12.0. The second-order valence-electron chi connectivity index (χ2n) is 5.35. The molecule has 0 bridgehead atoms. The lowest BCUT2D eigenvalue weighted by atomic mass is 9.97. The summed E-state index contributed by atoms with van der Waals surface area (Å²) in [6.45, 7) is 2.58. The molecule has 0 aliphatic carbocycles. The number of aliphatic carboxylic acids is 1. The Hall–Kier alpha value is -1.85. The van der Waals surface area contributed by atoms with Crippen LogP contribution in [0.1, 0.15) is 48.2 Å². The van der Waals surface area contributed by atoms with E-state index in [0.717, 1.165) is 25.0 Å². The molecular weight excluding hydrogens is 258 g/mol. The quantitative estimate of drug-likeness (QED) is 0.908. The number of aryl methyl sites for hydroxylation is 1. The molecule has 1 aliphatic heterocycles. The van der Waals surface area contributed by atoms with Crippen molar-refractivity contribution in [2.24, 2.45) is 7.05 Å². The fraction of sp³-hybridized carbons (Fsp3) is 0.643. The van der Waals surface area contributed by atoms with Crippen LogP contribution >= 0.6 is 0 Å². The normalized spacial score (nSPS) is 19.1. The SMILES string of the molecule is Cc1c(C(=O)N2CCCC[C@H]2CCC(=O)O)cnn1C. The fourth-order valence-corrected chi connectivity index (χ4v) is 2.72. The van der Waals surface area contributed by atoms with Gasteiger partial charge < -0.3 is 10.0 Å². The first-order valence-corrected chi connectivity index (χ1v) is 7.02. The Morgan fingerprint density at radius 2 is 2.20 bits per heavy atom. The van der Waals surface area contributed by atoms with Crippen molar-refractivity contribution in [3.8, 4) is 0 Å². The Balaban J connectivity index is 2.13. The van der Waals surface area contributed by atoms with E-state index in [-0.39, 0.29) is 18.4 Å². The summed E-state index contributed by atoms with van der Waals surface area (Å²) in [4.78, 5) is 25.2. The number of hydrogen-bond acceptors (Lipinski definition) is 3. The molecule has 1 saturated heterocycles. The number of carboxylic acids is 1. The summed E-state index contributed by atoms with van der Waals surface area (Å²) in [6, 6.07) is 0.0342. The Labute approximate surface area is 118 Å². The van der Waals surface area contributed by atoms with Crippen molar-refractivity contribution in [3.05, 3.63) is 17.5 Å². The van der Waals surface area contributed by atoms with Crippen molar-refractivity contribution in [2.45, 2.75) is 45.1 Å². The highest BCUT2D eigenvalue weighted by Crippen LogP contribution is 2.23. The smallest absolute Gasteiger partial charge is 0.303 e. The summed E-state index contributed by atoms with van der Waals surface area (Å²) in [5.74, 6) is -0.828. The Bertz CT molecular complexity index is 510. The summed E-state index contributed by atoms with van der Waals surface area (Å²) in [5.41, 5.74) is 1.47. The van der Waals surface area contributed by atoms with Crippen LogP contribution in [0.2, 0.25) is 0 Å². The highest BCUT2D eigenvalue weighted by molar-refractivity contribution is 5.95. The van der Waals surface area contributed by atoms with Crippen molar-refractivity contribution < 1.29 is 14.7 Å². The monoisotopic (exact) mass is 279 g/mol. The molecule has 1 N–H and O–H groups in total. The van der Waals surface area contributed by atoms with Crippen LogP contribution < -0.4 is 0 Å². The number of aromatic nitrogens is 2. The highest BCUT2D eigenvalue weighted by Gasteiger charge is 2.29. The molecule has 20 heavy (non-hydrogen) atoms. The Kier molecular flexibility index (Phi) is 4.42. The number of likely N-dealkylation sites (tertiary alicyclic amines) is 1. The number of amides is 1. The molecule has 6 heteroatoms. The van der Waals surface area contributed by atoms with Gasteiger partial charge in [0.1, 0.15) is 0 Å². The Morgan fingerprint density at radius 3 is 2.80 bits per heavy atom. The van der Waals surface area contributed by atoms with Gasteiger partial charge in [-0.25, -0.2) is 0 Å². The topological polar surface area (TPSA) is 75.4 Å². The van der Waals surface area contributed by atoms with Crippen LogP contribution in [0.25, 0.3) is 0 Å². The minimum absolute atomic E-state index is 0.0225. The molecule has 0 unspecified atom stereocenters. The molecule has 2 rings (SSSR count). The number of carbonyl (C=O) groups is 2. The summed E-state index contributed by atoms with van der Waals surface area (Å²) >= 11 is 0. The van der Waals surface area contributed by atoms with Gasteiger partial charge in [0.2, 0.25) is 0 Å². The lowest BCUT2D eigenvalue weighted by molar-refractivity contribution is -0.137. The van der Waals surface area contributed by atoms with E-state index < -0.39 is 5.97 Å². The van der Waals surface area contributed by atoms with Crippen molar-refractivity contribution >= 4 is 11.9 Å². The van der Waals surface area contributed by atoms with Crippen molar-refractivity contribution in [1.29, 1.82) is 0 Å². The van der Waals surface area contributed by atoms with Gasteiger partial charge in [-0.3, -0.25) is 14.3 Å². The summed E-state index contributed by atoms with van der Waals surface area (Å²) in [7, 11) is 1.81. The molecule has 1 fully saturated rings. The maximum absolute atomic E-state index is 12.6. The van der Waals surface area contributed by atoms with Gasteiger partial charge in [-0.1, -0.05) is 0 Å². The average Bonchev–Trinajstić information content (AvgIpc) is 2.76. The molecule has 1 amide bonds. The predicted molar refractivity (Wildman–Crippen MR) is 73.5 cm³/mol. The van der Waals surface area contributed by atoms with Gasteiger partial charge in [0.25, 0.3) is 5.91 Å².